The number of fused-ring (bicyclic) bond motifs is 1. The average molecular weight is 323 g/mol. The van der Waals surface area contributed by atoms with Crippen LogP contribution in [0.25, 0.3) is 0 Å². The monoisotopic (exact) mass is 323 g/mol. The van der Waals surface area contributed by atoms with Gasteiger partial charge < -0.3 is 5.11 Å². The van der Waals surface area contributed by atoms with Gasteiger partial charge in [-0.1, -0.05) is 47.2 Å². The number of halogens is 1. The molecule has 1 aliphatic carbocycles. The number of nitrogens with zero attached hydrogens (tertiary/aromatic N) is 3. The van der Waals surface area contributed by atoms with E-state index in [4.69, 9.17) is 0 Å². The topological polar surface area (TPSA) is 50.9 Å². The summed E-state index contributed by atoms with van der Waals surface area (Å²) < 4.78 is 15.6. The summed E-state index contributed by atoms with van der Waals surface area (Å²) in [6, 6.07) is 12.8. The molecule has 0 spiro atoms. The second-order valence-corrected chi connectivity index (χ2v) is 6.30. The molecule has 0 fully saturated rings. The standard InChI is InChI=1S/C19H18FN3O/c1-12-5-7-13(8-6-12)19(24)17-11-23(22-21-17)18-10-9-14-15(18)3-2-4-16(14)20/h2-8,11,18-19,24H,9-10H2,1H3. The van der Waals surface area contributed by atoms with Gasteiger partial charge in [0.25, 0.3) is 0 Å². The molecule has 0 saturated carbocycles. The third-order valence-electron chi connectivity index (χ3n) is 4.70. The van der Waals surface area contributed by atoms with Crippen molar-refractivity contribution in [3.05, 3.63) is 82.4 Å². The normalized spacial score (nSPS) is 17.7. The first-order valence-electron chi connectivity index (χ1n) is 8.07. The Kier molecular flexibility index (Phi) is 3.65. The maximum absolute atomic E-state index is 13.9. The Morgan fingerprint density at radius 3 is 2.79 bits per heavy atom. The first kappa shape index (κ1) is 15.0. The summed E-state index contributed by atoms with van der Waals surface area (Å²) in [5.74, 6) is -0.157. The highest BCUT2D eigenvalue weighted by Gasteiger charge is 2.28. The predicted molar refractivity (Wildman–Crippen MR) is 88.1 cm³/mol. The molecule has 1 aliphatic rings. The Balaban J connectivity index is 1.62. The van der Waals surface area contributed by atoms with Crippen molar-refractivity contribution in [1.82, 2.24) is 15.0 Å². The number of aryl methyl sites for hydroxylation is 1. The van der Waals surface area contributed by atoms with E-state index in [2.05, 4.69) is 10.3 Å². The molecule has 0 radical (unpaired) electrons. The number of benzene rings is 2. The van der Waals surface area contributed by atoms with Gasteiger partial charge in [-0.25, -0.2) is 9.07 Å². The van der Waals surface area contributed by atoms with Gasteiger partial charge in [0.1, 0.15) is 17.6 Å². The van der Waals surface area contributed by atoms with Crippen LogP contribution in [0.5, 0.6) is 0 Å². The van der Waals surface area contributed by atoms with Crippen LogP contribution in [-0.2, 0) is 6.42 Å². The Hall–Kier alpha value is -2.53. The Morgan fingerprint density at radius 2 is 2.00 bits per heavy atom. The van der Waals surface area contributed by atoms with E-state index in [1.54, 1.807) is 16.9 Å². The highest BCUT2D eigenvalue weighted by atomic mass is 19.1. The minimum Gasteiger partial charge on any atom is -0.382 e. The van der Waals surface area contributed by atoms with Crippen LogP contribution in [0.15, 0.2) is 48.7 Å². The lowest BCUT2D eigenvalue weighted by Crippen LogP contribution is -2.08. The molecule has 2 atom stereocenters. The molecule has 1 N–H and O–H groups in total. The zero-order chi connectivity index (χ0) is 16.7. The van der Waals surface area contributed by atoms with Crippen LogP contribution in [-0.4, -0.2) is 20.1 Å². The smallest absolute Gasteiger partial charge is 0.126 e. The van der Waals surface area contributed by atoms with E-state index in [0.29, 0.717) is 12.1 Å². The van der Waals surface area contributed by atoms with Crippen molar-refractivity contribution in [2.24, 2.45) is 0 Å². The van der Waals surface area contributed by atoms with E-state index >= 15 is 0 Å². The van der Waals surface area contributed by atoms with Crippen molar-refractivity contribution in [1.29, 1.82) is 0 Å². The SMILES string of the molecule is Cc1ccc(C(O)c2cn(C3CCc4c(F)cccc43)nn2)cc1. The number of rotatable bonds is 3. The van der Waals surface area contributed by atoms with Crippen molar-refractivity contribution in [3.63, 3.8) is 0 Å². The molecule has 1 aromatic heterocycles. The zero-order valence-corrected chi connectivity index (χ0v) is 13.4. The molecule has 4 nitrogen and oxygen atoms in total. The van der Waals surface area contributed by atoms with E-state index in [0.717, 1.165) is 28.7 Å². The molecule has 2 unspecified atom stereocenters. The molecule has 24 heavy (non-hydrogen) atoms. The molecule has 0 saturated heterocycles. The van der Waals surface area contributed by atoms with Gasteiger partial charge in [-0.3, -0.25) is 0 Å². The molecular weight excluding hydrogens is 305 g/mol. The summed E-state index contributed by atoms with van der Waals surface area (Å²) in [5.41, 5.74) is 4.14. The second kappa shape index (κ2) is 5.83. The third-order valence-corrected chi connectivity index (χ3v) is 4.70. The van der Waals surface area contributed by atoms with Gasteiger partial charge in [0.05, 0.1) is 12.2 Å². The lowest BCUT2D eigenvalue weighted by Gasteiger charge is -2.11. The highest BCUT2D eigenvalue weighted by molar-refractivity contribution is 5.36. The van der Waals surface area contributed by atoms with Crippen LogP contribution in [0.1, 0.15) is 46.5 Å². The number of aliphatic hydroxyl groups excluding tert-OH is 1. The quantitative estimate of drug-likeness (QED) is 0.804. The fourth-order valence-electron chi connectivity index (χ4n) is 3.35. The molecule has 4 rings (SSSR count). The molecule has 0 bridgehead atoms. The van der Waals surface area contributed by atoms with E-state index in [-0.39, 0.29) is 11.9 Å². The maximum Gasteiger partial charge on any atom is 0.126 e. The van der Waals surface area contributed by atoms with Crippen molar-refractivity contribution in [2.75, 3.05) is 0 Å². The van der Waals surface area contributed by atoms with Crippen LogP contribution < -0.4 is 0 Å². The molecule has 0 amide bonds. The Bertz CT molecular complexity index is 873. The van der Waals surface area contributed by atoms with Crippen LogP contribution in [0.3, 0.4) is 0 Å². The van der Waals surface area contributed by atoms with Crippen LogP contribution >= 0.6 is 0 Å². The minimum absolute atomic E-state index is 0.0258. The van der Waals surface area contributed by atoms with Crippen molar-refractivity contribution in [3.8, 4) is 0 Å². The predicted octanol–water partition coefficient (Wildman–Crippen LogP) is 3.34. The lowest BCUT2D eigenvalue weighted by atomic mass is 10.1. The van der Waals surface area contributed by atoms with E-state index < -0.39 is 6.10 Å². The van der Waals surface area contributed by atoms with Crippen molar-refractivity contribution in [2.45, 2.75) is 31.9 Å². The van der Waals surface area contributed by atoms with E-state index in [1.165, 1.54) is 6.07 Å². The minimum atomic E-state index is -0.812. The number of hydrogen-bond acceptors (Lipinski definition) is 3. The van der Waals surface area contributed by atoms with E-state index in [9.17, 15) is 9.50 Å². The largest absolute Gasteiger partial charge is 0.382 e. The zero-order valence-electron chi connectivity index (χ0n) is 13.4. The fourth-order valence-corrected chi connectivity index (χ4v) is 3.35. The summed E-state index contributed by atoms with van der Waals surface area (Å²) >= 11 is 0. The molecular formula is C19H18FN3O. The first-order valence-corrected chi connectivity index (χ1v) is 8.07. The van der Waals surface area contributed by atoms with Crippen LogP contribution in [0.4, 0.5) is 4.39 Å². The van der Waals surface area contributed by atoms with Gasteiger partial charge in [0.15, 0.2) is 0 Å². The molecule has 0 aliphatic heterocycles. The summed E-state index contributed by atoms with van der Waals surface area (Å²) in [5, 5.41) is 18.8. The molecule has 5 heteroatoms. The molecule has 2 aromatic carbocycles. The van der Waals surface area contributed by atoms with E-state index in [1.807, 2.05) is 37.3 Å². The highest BCUT2D eigenvalue weighted by Crippen LogP contribution is 2.35. The number of hydrogen-bond donors (Lipinski definition) is 1. The molecule has 1 heterocycles. The summed E-state index contributed by atoms with van der Waals surface area (Å²) in [4.78, 5) is 0. The number of aliphatic hydroxyl groups is 1. The molecule has 3 aromatic rings. The molecule has 122 valence electrons. The average Bonchev–Trinajstić information content (AvgIpc) is 3.22. The van der Waals surface area contributed by atoms with Crippen LogP contribution in [0.2, 0.25) is 0 Å². The van der Waals surface area contributed by atoms with Crippen LogP contribution in [0, 0.1) is 12.7 Å². The van der Waals surface area contributed by atoms with Crippen molar-refractivity contribution < 1.29 is 9.50 Å². The van der Waals surface area contributed by atoms with Gasteiger partial charge in [-0.2, -0.15) is 0 Å². The summed E-state index contributed by atoms with van der Waals surface area (Å²) in [6.07, 6.45) is 2.44. The Labute approximate surface area is 139 Å². The second-order valence-electron chi connectivity index (χ2n) is 6.30. The van der Waals surface area contributed by atoms with Gasteiger partial charge in [-0.15, -0.1) is 5.10 Å². The van der Waals surface area contributed by atoms with Gasteiger partial charge >= 0.3 is 0 Å². The summed E-state index contributed by atoms with van der Waals surface area (Å²) in [7, 11) is 0. The Morgan fingerprint density at radius 1 is 1.21 bits per heavy atom. The first-order chi connectivity index (χ1) is 11.6. The lowest BCUT2D eigenvalue weighted by molar-refractivity contribution is 0.215. The van der Waals surface area contributed by atoms with Gasteiger partial charge in [0, 0.05) is 0 Å². The summed E-state index contributed by atoms with van der Waals surface area (Å²) in [6.45, 7) is 2.00. The fraction of sp³-hybridized carbons (Fsp3) is 0.263. The van der Waals surface area contributed by atoms with Gasteiger partial charge in [0.2, 0.25) is 0 Å². The van der Waals surface area contributed by atoms with Gasteiger partial charge in [-0.05, 0) is 42.5 Å². The van der Waals surface area contributed by atoms with Crippen molar-refractivity contribution >= 4 is 0 Å². The number of aromatic nitrogens is 3. The third kappa shape index (κ3) is 2.51. The maximum atomic E-state index is 13.9.